The normalized spacial score (nSPS) is 18.1. The predicted octanol–water partition coefficient (Wildman–Crippen LogP) is 23.0. The van der Waals surface area contributed by atoms with Crippen LogP contribution in [-0.4, -0.2) is 58.6 Å². The van der Waals surface area contributed by atoms with E-state index in [0.29, 0.717) is 72.1 Å². The van der Waals surface area contributed by atoms with E-state index >= 15 is 0 Å². The summed E-state index contributed by atoms with van der Waals surface area (Å²) in [5, 5.41) is 12.0. The number of oxime groups is 3. The van der Waals surface area contributed by atoms with Crippen molar-refractivity contribution >= 4 is 52.4 Å². The van der Waals surface area contributed by atoms with Gasteiger partial charge in [-0.1, -0.05) is 281 Å². The molecule has 3 saturated carbocycles. The summed E-state index contributed by atoms with van der Waals surface area (Å²) >= 11 is 0. The van der Waals surface area contributed by atoms with E-state index in [2.05, 4.69) is 116 Å². The summed E-state index contributed by atoms with van der Waals surface area (Å²) in [4.78, 5) is 90.2. The molecule has 0 heterocycles. The van der Waals surface area contributed by atoms with Crippen LogP contribution in [0.2, 0.25) is 0 Å². The molecule has 1 unspecified atom stereocenters. The first-order valence-corrected chi connectivity index (χ1v) is 38.8. The van der Waals surface area contributed by atoms with Gasteiger partial charge in [0.2, 0.25) is 17.3 Å². The molecular weight excluding hydrogens is 1310 g/mol. The van der Waals surface area contributed by atoms with Crippen LogP contribution >= 0.6 is 0 Å². The average Bonchev–Trinajstić information content (AvgIpc) is 1.58. The molecule has 0 saturated heterocycles. The molecule has 0 amide bonds. The van der Waals surface area contributed by atoms with Gasteiger partial charge in [0.05, 0.1) is 0 Å². The second kappa shape index (κ2) is 35.6. The van der Waals surface area contributed by atoms with Crippen LogP contribution in [-0.2, 0) is 45.1 Å². The van der Waals surface area contributed by atoms with Crippen molar-refractivity contribution in [1.82, 2.24) is 0 Å². The number of carbonyl (C=O) groups excluding carboxylic acids is 6. The Morgan fingerprint density at radius 3 is 0.865 bits per heavy atom. The Morgan fingerprint density at radius 1 is 0.356 bits per heavy atom. The molecule has 0 aromatic heterocycles. The van der Waals surface area contributed by atoms with Crippen LogP contribution in [0, 0.1) is 17.8 Å². The fourth-order valence-electron chi connectivity index (χ4n) is 18.5. The Morgan fingerprint density at radius 2 is 0.606 bits per heavy atom. The summed E-state index contributed by atoms with van der Waals surface area (Å²) < 4.78 is 40.3. The number of fused-ring (bicyclic) bond motifs is 9. The highest BCUT2D eigenvalue weighted by atomic mass is 19.4. The van der Waals surface area contributed by atoms with Crippen LogP contribution in [0.5, 0.6) is 0 Å². The van der Waals surface area contributed by atoms with Crippen molar-refractivity contribution in [3.8, 4) is 33.4 Å². The molecule has 15 heteroatoms. The lowest BCUT2D eigenvalue weighted by atomic mass is 9.71. The lowest BCUT2D eigenvalue weighted by Crippen LogP contribution is -2.28. The molecule has 12 rings (SSSR count). The Bertz CT molecular complexity index is 4150. The van der Waals surface area contributed by atoms with Gasteiger partial charge in [0.25, 0.3) is 0 Å². The molecule has 0 aliphatic heterocycles. The number of Topliss-reactive ketones (excluding diaryl/α,β-unsaturated/α-hetero) is 3. The summed E-state index contributed by atoms with van der Waals surface area (Å²) in [6.07, 6.45) is 21.8. The summed E-state index contributed by atoms with van der Waals surface area (Å²) in [6.45, 7) is 14.8. The van der Waals surface area contributed by atoms with Crippen LogP contribution in [0.25, 0.3) is 33.4 Å². The maximum atomic E-state index is 13.7. The highest BCUT2D eigenvalue weighted by Crippen LogP contribution is 2.57. The van der Waals surface area contributed by atoms with Gasteiger partial charge in [0, 0.05) is 60.1 Å². The van der Waals surface area contributed by atoms with Crippen LogP contribution in [0.15, 0.2) is 143 Å². The number of rotatable bonds is 27. The minimum absolute atomic E-state index is 0.0651. The summed E-state index contributed by atoms with van der Waals surface area (Å²) in [6, 6.07) is 42.6. The van der Waals surface area contributed by atoms with E-state index in [9.17, 15) is 41.9 Å². The molecule has 6 aromatic rings. The van der Waals surface area contributed by atoms with Crippen molar-refractivity contribution in [1.29, 1.82) is 0 Å². The van der Waals surface area contributed by atoms with E-state index in [1.54, 1.807) is 12.1 Å². The highest BCUT2D eigenvalue weighted by Gasteiger charge is 2.47. The molecule has 6 aliphatic rings. The first-order valence-electron chi connectivity index (χ1n) is 38.8. The van der Waals surface area contributed by atoms with Crippen molar-refractivity contribution < 1.29 is 56.5 Å². The quantitative estimate of drug-likeness (QED) is 0.0211. The molecule has 104 heavy (non-hydrogen) atoms. The van der Waals surface area contributed by atoms with E-state index < -0.39 is 35.9 Å². The number of benzene rings is 6. The van der Waals surface area contributed by atoms with Crippen LogP contribution in [0.4, 0.5) is 13.2 Å². The zero-order valence-corrected chi connectivity index (χ0v) is 62.5. The Balaban J connectivity index is 0.000000168. The number of halogens is 3. The third-order valence-electron chi connectivity index (χ3n) is 22.8. The minimum atomic E-state index is -4.28. The molecule has 1 atom stereocenters. The Kier molecular flexibility index (Phi) is 26.7. The van der Waals surface area contributed by atoms with Gasteiger partial charge in [-0.25, -0.2) is 14.4 Å². The van der Waals surface area contributed by atoms with E-state index in [1.807, 2.05) is 49.4 Å². The molecule has 552 valence electrons. The molecule has 0 bridgehead atoms. The highest BCUT2D eigenvalue weighted by molar-refractivity contribution is 6.47. The third-order valence-corrected chi connectivity index (χ3v) is 22.8. The van der Waals surface area contributed by atoms with Crippen molar-refractivity contribution in [2.24, 2.45) is 33.2 Å². The summed E-state index contributed by atoms with van der Waals surface area (Å²) in [5.41, 5.74) is 15.4. The maximum Gasteiger partial charge on any atom is 0.389 e. The van der Waals surface area contributed by atoms with Crippen molar-refractivity contribution in [3.05, 3.63) is 177 Å². The second-order valence-electron chi connectivity index (χ2n) is 30.2. The molecule has 3 fully saturated rings. The Labute approximate surface area is 613 Å². The van der Waals surface area contributed by atoms with E-state index in [4.69, 9.17) is 14.5 Å². The van der Waals surface area contributed by atoms with Crippen LogP contribution in [0.3, 0.4) is 0 Å². The fourth-order valence-corrected chi connectivity index (χ4v) is 18.5. The van der Waals surface area contributed by atoms with Crippen LogP contribution < -0.4 is 0 Å². The number of hydrogen-bond acceptors (Lipinski definition) is 12. The number of carbonyl (C=O) groups is 6. The van der Waals surface area contributed by atoms with Gasteiger partial charge in [0.15, 0.2) is 0 Å². The van der Waals surface area contributed by atoms with Gasteiger partial charge in [-0.15, -0.1) is 0 Å². The van der Waals surface area contributed by atoms with E-state index in [-0.39, 0.29) is 46.2 Å². The molecule has 0 N–H and O–H groups in total. The Hall–Kier alpha value is -8.46. The third kappa shape index (κ3) is 17.7. The van der Waals surface area contributed by atoms with Gasteiger partial charge in [-0.2, -0.15) is 13.2 Å². The van der Waals surface area contributed by atoms with Crippen molar-refractivity contribution in [2.75, 3.05) is 0 Å². The number of hydrogen-bond donors (Lipinski definition) is 0. The lowest BCUT2D eigenvalue weighted by molar-refractivity contribution is -0.141. The molecular formula is C89H106F3N3O9. The lowest BCUT2D eigenvalue weighted by Gasteiger charge is -2.33. The fraction of sp³-hybridized carbons (Fsp3) is 0.494. The monoisotopic (exact) mass is 1420 g/mol. The first-order chi connectivity index (χ1) is 50.1. The topological polar surface area (TPSA) is 167 Å². The molecule has 6 aromatic carbocycles. The van der Waals surface area contributed by atoms with Crippen molar-refractivity contribution in [2.45, 2.75) is 264 Å². The van der Waals surface area contributed by atoms with Crippen molar-refractivity contribution in [3.63, 3.8) is 0 Å². The zero-order valence-electron chi connectivity index (χ0n) is 62.5. The standard InChI is InChI=1S/C30H34F3NO3.C30H37NO3.C29H35NO3/c1-3-15-29(16-17-30(31,32)33)25-12-8-7-11-23(25)24-14-13-22(19-26(24)29)28(36)27(34-37-20(2)35)18-21-9-5-4-6-10-21;1-4-17-30(18-5-2)26-14-10-9-13-24(26)25-16-15-23(20-27(25)30)29(33)28(31-34-21(3)32)19-22-11-7-6-8-12-22;1-4-16-29(17-5-2)25-13-9-8-12-23(25)24-15-14-22(19-26(24)29)28(32)27(30-33-20(3)31)18-21-10-6-7-11-21/h7-8,11-14,19,21H,3-6,9-10,15-18H2,1-2H3;9-10,13-16,20,22H,4-8,11-12,17-19H2,1-3H3;8-9,12-15,19,21H,4-7,10-11,16-18H2,1-3H3/b34-27+;31-28+;30-27+. The predicted molar refractivity (Wildman–Crippen MR) is 407 cm³/mol. The van der Waals surface area contributed by atoms with Gasteiger partial charge in [-0.05, 0) is 161 Å². The van der Waals surface area contributed by atoms with Gasteiger partial charge in [-0.3, -0.25) is 14.4 Å². The number of alkyl halides is 3. The zero-order chi connectivity index (χ0) is 74.2. The van der Waals surface area contributed by atoms with E-state index in [0.717, 1.165) is 125 Å². The maximum absolute atomic E-state index is 13.7. The summed E-state index contributed by atoms with van der Waals surface area (Å²) in [7, 11) is 0. The average molecular weight is 1420 g/mol. The first kappa shape index (κ1) is 78.1. The van der Waals surface area contributed by atoms with Gasteiger partial charge < -0.3 is 14.5 Å². The smallest absolute Gasteiger partial charge is 0.318 e. The molecule has 0 radical (unpaired) electrons. The van der Waals surface area contributed by atoms with Gasteiger partial charge in [0.1, 0.15) is 17.1 Å². The van der Waals surface area contributed by atoms with E-state index in [1.165, 1.54) is 104 Å². The minimum Gasteiger partial charge on any atom is -0.318 e. The van der Waals surface area contributed by atoms with Crippen LogP contribution in [0.1, 0.15) is 306 Å². The van der Waals surface area contributed by atoms with Gasteiger partial charge >= 0.3 is 24.1 Å². The number of nitrogens with zero attached hydrogens (tertiary/aromatic N) is 3. The molecule has 6 aliphatic carbocycles. The summed E-state index contributed by atoms with van der Waals surface area (Å²) in [5.74, 6) is -1.04. The number of ketones is 3. The largest absolute Gasteiger partial charge is 0.389 e. The SMILES string of the molecule is CCCC1(CCC(F)(F)F)c2ccccc2-c2ccc(C(=O)/C(CC3CCCCC3)=N/OC(C)=O)cc21.CCCC1(CCC)c2ccccc2-c2ccc(C(=O)/C(CC3CCCC3)=N/OC(C)=O)cc21.CCCC1(CCC)c2ccccc2-c2ccc(C(=O)/C(CC3CCCCC3)=N/OC(C)=O)cc21. The second-order valence-corrected chi connectivity index (χ2v) is 30.2. The molecule has 12 nitrogen and oxygen atoms in total. The molecule has 0 spiro atoms.